The molecule has 3 heteroatoms. The summed E-state index contributed by atoms with van der Waals surface area (Å²) in [5.74, 6) is 0. The van der Waals surface area contributed by atoms with Crippen LogP contribution in [0, 0.1) is 0 Å². The van der Waals surface area contributed by atoms with E-state index in [9.17, 15) is 5.11 Å². The van der Waals surface area contributed by atoms with Gasteiger partial charge in [-0.3, -0.25) is 0 Å². The highest BCUT2D eigenvalue weighted by molar-refractivity contribution is 4.72. The maximum atomic E-state index is 9.39. The third-order valence-corrected chi connectivity index (χ3v) is 2.05. The molecule has 0 aliphatic carbocycles. The average molecular weight is 160 g/mol. The monoisotopic (exact) mass is 160 g/mol. The van der Waals surface area contributed by atoms with Gasteiger partial charge in [-0.25, -0.2) is 0 Å². The molecule has 2 unspecified atom stereocenters. The molecule has 0 aromatic carbocycles. The molecule has 0 radical (unpaired) electrons. The maximum Gasteiger partial charge on any atom is 0.0834 e. The van der Waals surface area contributed by atoms with Gasteiger partial charge in [-0.15, -0.1) is 0 Å². The Morgan fingerprint density at radius 2 is 2.27 bits per heavy atom. The lowest BCUT2D eigenvalue weighted by atomic mass is 10.0. The van der Waals surface area contributed by atoms with Gasteiger partial charge in [0.2, 0.25) is 0 Å². The summed E-state index contributed by atoms with van der Waals surface area (Å²) >= 11 is 0. The first-order valence-electron chi connectivity index (χ1n) is 4.25. The van der Waals surface area contributed by atoms with Gasteiger partial charge in [0.15, 0.2) is 0 Å². The van der Waals surface area contributed by atoms with Crippen LogP contribution in [0.3, 0.4) is 0 Å². The minimum atomic E-state index is -0.310. The van der Waals surface area contributed by atoms with Crippen LogP contribution in [0.1, 0.15) is 25.7 Å². The van der Waals surface area contributed by atoms with Crippen molar-refractivity contribution in [2.24, 2.45) is 0 Å². The number of aliphatic hydroxyl groups is 2. The highest BCUT2D eigenvalue weighted by Gasteiger charge is 2.22. The molecule has 1 aliphatic heterocycles. The molecule has 1 fully saturated rings. The summed E-state index contributed by atoms with van der Waals surface area (Å²) in [7, 11) is 0. The molecule has 11 heavy (non-hydrogen) atoms. The van der Waals surface area contributed by atoms with E-state index in [0.29, 0.717) is 0 Å². The van der Waals surface area contributed by atoms with Crippen LogP contribution in [0.5, 0.6) is 0 Å². The van der Waals surface area contributed by atoms with Crippen molar-refractivity contribution in [3.05, 3.63) is 0 Å². The highest BCUT2D eigenvalue weighted by Crippen LogP contribution is 2.17. The lowest BCUT2D eigenvalue weighted by Gasteiger charge is -2.27. The van der Waals surface area contributed by atoms with Crippen LogP contribution >= 0.6 is 0 Å². The Morgan fingerprint density at radius 1 is 1.45 bits per heavy atom. The van der Waals surface area contributed by atoms with Crippen LogP contribution in [0.2, 0.25) is 0 Å². The first-order valence-corrected chi connectivity index (χ1v) is 4.25. The van der Waals surface area contributed by atoms with E-state index in [1.54, 1.807) is 0 Å². The Balaban J connectivity index is 2.18. The molecule has 0 saturated carbocycles. The van der Waals surface area contributed by atoms with Gasteiger partial charge >= 0.3 is 0 Å². The fourth-order valence-corrected chi connectivity index (χ4v) is 1.39. The minimum Gasteiger partial charge on any atom is -0.396 e. The molecule has 0 bridgehead atoms. The van der Waals surface area contributed by atoms with Crippen molar-refractivity contribution >= 4 is 0 Å². The molecular weight excluding hydrogens is 144 g/mol. The van der Waals surface area contributed by atoms with Crippen molar-refractivity contribution in [2.75, 3.05) is 13.2 Å². The van der Waals surface area contributed by atoms with Gasteiger partial charge in [-0.05, 0) is 25.7 Å². The quantitative estimate of drug-likeness (QED) is 0.624. The second-order valence-corrected chi connectivity index (χ2v) is 2.98. The normalized spacial score (nSPS) is 32.2. The van der Waals surface area contributed by atoms with Crippen LogP contribution < -0.4 is 0 Å². The summed E-state index contributed by atoms with van der Waals surface area (Å²) in [6.45, 7) is 0.944. The Kier molecular flexibility index (Phi) is 3.83. The number of hydrogen-bond donors (Lipinski definition) is 2. The van der Waals surface area contributed by atoms with Crippen molar-refractivity contribution in [3.63, 3.8) is 0 Å². The Morgan fingerprint density at radius 3 is 2.91 bits per heavy atom. The van der Waals surface area contributed by atoms with Gasteiger partial charge in [0.1, 0.15) is 0 Å². The fraction of sp³-hybridized carbons (Fsp3) is 1.00. The third kappa shape index (κ3) is 2.77. The van der Waals surface area contributed by atoms with E-state index in [0.717, 1.165) is 32.3 Å². The van der Waals surface area contributed by atoms with E-state index in [1.165, 1.54) is 0 Å². The molecule has 2 atom stereocenters. The summed E-state index contributed by atoms with van der Waals surface area (Å²) in [5.41, 5.74) is 0. The minimum absolute atomic E-state index is 0.0316. The third-order valence-electron chi connectivity index (χ3n) is 2.05. The Bertz CT molecular complexity index is 106. The Hall–Kier alpha value is -0.120. The van der Waals surface area contributed by atoms with E-state index < -0.39 is 0 Å². The second kappa shape index (κ2) is 4.70. The fourth-order valence-electron chi connectivity index (χ4n) is 1.39. The molecular formula is C8H16O3. The standard InChI is InChI=1S/C8H16O3/c9-5-1-4-8-7(10)3-2-6-11-8/h7-10H,1-6H2. The number of aliphatic hydroxyl groups excluding tert-OH is 2. The lowest BCUT2D eigenvalue weighted by molar-refractivity contribution is -0.0785. The first kappa shape index (κ1) is 8.97. The molecule has 1 rings (SSSR count). The van der Waals surface area contributed by atoms with Gasteiger partial charge in [0.25, 0.3) is 0 Å². The van der Waals surface area contributed by atoms with E-state index in [1.807, 2.05) is 0 Å². The zero-order valence-corrected chi connectivity index (χ0v) is 6.70. The molecule has 3 nitrogen and oxygen atoms in total. The molecule has 0 spiro atoms. The zero-order chi connectivity index (χ0) is 8.10. The van der Waals surface area contributed by atoms with E-state index in [-0.39, 0.29) is 18.8 Å². The van der Waals surface area contributed by atoms with Gasteiger partial charge in [0, 0.05) is 13.2 Å². The van der Waals surface area contributed by atoms with E-state index in [2.05, 4.69) is 0 Å². The van der Waals surface area contributed by atoms with Crippen LogP contribution in [-0.4, -0.2) is 35.6 Å². The van der Waals surface area contributed by atoms with Gasteiger partial charge in [0.05, 0.1) is 12.2 Å². The topological polar surface area (TPSA) is 49.7 Å². The average Bonchev–Trinajstić information content (AvgIpc) is 2.03. The maximum absolute atomic E-state index is 9.39. The smallest absolute Gasteiger partial charge is 0.0834 e. The molecule has 1 heterocycles. The molecule has 2 N–H and O–H groups in total. The predicted octanol–water partition coefficient (Wildman–Crippen LogP) is 0.299. The van der Waals surface area contributed by atoms with E-state index in [4.69, 9.17) is 9.84 Å². The van der Waals surface area contributed by atoms with Crippen molar-refractivity contribution in [1.82, 2.24) is 0 Å². The summed E-state index contributed by atoms with van der Waals surface area (Å²) in [4.78, 5) is 0. The zero-order valence-electron chi connectivity index (χ0n) is 6.70. The van der Waals surface area contributed by atoms with Crippen molar-refractivity contribution < 1.29 is 14.9 Å². The number of hydrogen-bond acceptors (Lipinski definition) is 3. The lowest BCUT2D eigenvalue weighted by Crippen LogP contribution is -2.33. The van der Waals surface area contributed by atoms with Crippen molar-refractivity contribution in [1.29, 1.82) is 0 Å². The van der Waals surface area contributed by atoms with Crippen LogP contribution in [0.25, 0.3) is 0 Å². The summed E-state index contributed by atoms with van der Waals surface area (Å²) in [6, 6.07) is 0. The molecule has 0 aromatic rings. The van der Waals surface area contributed by atoms with Crippen molar-refractivity contribution in [2.45, 2.75) is 37.9 Å². The summed E-state index contributed by atoms with van der Waals surface area (Å²) < 4.78 is 5.33. The highest BCUT2D eigenvalue weighted by atomic mass is 16.5. The van der Waals surface area contributed by atoms with Crippen LogP contribution in [-0.2, 0) is 4.74 Å². The molecule has 1 saturated heterocycles. The molecule has 0 aromatic heterocycles. The Labute approximate surface area is 67.0 Å². The van der Waals surface area contributed by atoms with Crippen molar-refractivity contribution in [3.8, 4) is 0 Å². The van der Waals surface area contributed by atoms with Crippen LogP contribution in [0.15, 0.2) is 0 Å². The SMILES string of the molecule is OCCCC1OCCCC1O. The van der Waals surface area contributed by atoms with Gasteiger partial charge in [-0.1, -0.05) is 0 Å². The summed E-state index contributed by atoms with van der Waals surface area (Å²) in [5, 5.41) is 17.9. The van der Waals surface area contributed by atoms with Crippen LogP contribution in [0.4, 0.5) is 0 Å². The van der Waals surface area contributed by atoms with E-state index >= 15 is 0 Å². The summed E-state index contributed by atoms with van der Waals surface area (Å²) in [6.07, 6.45) is 2.96. The molecule has 0 amide bonds. The van der Waals surface area contributed by atoms with Gasteiger partial charge < -0.3 is 14.9 Å². The van der Waals surface area contributed by atoms with Gasteiger partial charge in [-0.2, -0.15) is 0 Å². The first-order chi connectivity index (χ1) is 5.34. The number of ether oxygens (including phenoxy) is 1. The predicted molar refractivity (Wildman–Crippen MR) is 41.3 cm³/mol. The molecule has 66 valence electrons. The number of rotatable bonds is 3. The largest absolute Gasteiger partial charge is 0.396 e. The second-order valence-electron chi connectivity index (χ2n) is 2.98. The molecule has 1 aliphatic rings.